The molecule has 2 aromatic rings. The Hall–Kier alpha value is -2.14. The van der Waals surface area contributed by atoms with Crippen molar-refractivity contribution >= 4 is 39.1 Å². The monoisotopic (exact) mass is 372 g/mol. The highest BCUT2D eigenvalue weighted by atomic mass is 79.9. The van der Waals surface area contributed by atoms with Crippen molar-refractivity contribution in [2.45, 2.75) is 19.8 Å². The molecule has 0 heterocycles. The van der Waals surface area contributed by atoms with Crippen LogP contribution in [-0.2, 0) is 9.59 Å². The molecule has 0 aliphatic heterocycles. The van der Waals surface area contributed by atoms with Gasteiger partial charge in [0.25, 0.3) is 0 Å². The zero-order valence-electron chi connectivity index (χ0n) is 12.7. The van der Waals surface area contributed by atoms with Gasteiger partial charge >= 0.3 is 0 Å². The van der Waals surface area contributed by atoms with E-state index in [2.05, 4.69) is 26.6 Å². The van der Waals surface area contributed by atoms with Crippen molar-refractivity contribution in [3.63, 3.8) is 0 Å². The van der Waals surface area contributed by atoms with Crippen LogP contribution in [0.25, 0.3) is 0 Å². The van der Waals surface area contributed by atoms with Gasteiger partial charge in [0.1, 0.15) is 5.41 Å². The first-order valence-corrected chi connectivity index (χ1v) is 8.24. The van der Waals surface area contributed by atoms with E-state index in [9.17, 15) is 9.59 Å². The molecule has 23 heavy (non-hydrogen) atoms. The summed E-state index contributed by atoms with van der Waals surface area (Å²) in [6, 6.07) is 14.8. The Kier molecular flexibility index (Phi) is 4.22. The van der Waals surface area contributed by atoms with Gasteiger partial charge in [-0.05, 0) is 56.2 Å². The molecule has 2 N–H and O–H groups in total. The normalized spacial score (nSPS) is 14.9. The van der Waals surface area contributed by atoms with Crippen molar-refractivity contribution in [1.82, 2.24) is 0 Å². The van der Waals surface area contributed by atoms with Gasteiger partial charge < -0.3 is 10.6 Å². The third kappa shape index (κ3) is 3.45. The van der Waals surface area contributed by atoms with Gasteiger partial charge in [-0.15, -0.1) is 0 Å². The summed E-state index contributed by atoms with van der Waals surface area (Å²) in [6.07, 6.45) is 1.15. The van der Waals surface area contributed by atoms with Gasteiger partial charge in [0, 0.05) is 15.8 Å². The van der Waals surface area contributed by atoms with Crippen molar-refractivity contribution in [2.75, 3.05) is 10.6 Å². The highest BCUT2D eigenvalue weighted by Gasteiger charge is 2.56. The van der Waals surface area contributed by atoms with Crippen LogP contribution < -0.4 is 10.6 Å². The van der Waals surface area contributed by atoms with Crippen LogP contribution in [0.3, 0.4) is 0 Å². The average molecular weight is 373 g/mol. The van der Waals surface area contributed by atoms with Gasteiger partial charge in [-0.3, -0.25) is 9.59 Å². The molecule has 0 spiro atoms. The second-order valence-electron chi connectivity index (χ2n) is 5.86. The summed E-state index contributed by atoms with van der Waals surface area (Å²) in [5.41, 5.74) is 1.57. The van der Waals surface area contributed by atoms with E-state index >= 15 is 0 Å². The molecule has 2 aromatic carbocycles. The molecule has 0 atom stereocenters. The number of benzene rings is 2. The topological polar surface area (TPSA) is 58.2 Å². The lowest BCUT2D eigenvalue weighted by molar-refractivity contribution is -0.131. The van der Waals surface area contributed by atoms with Crippen LogP contribution in [-0.4, -0.2) is 11.8 Å². The zero-order chi connectivity index (χ0) is 16.4. The van der Waals surface area contributed by atoms with Crippen molar-refractivity contribution in [3.05, 3.63) is 58.6 Å². The molecule has 5 heteroatoms. The summed E-state index contributed by atoms with van der Waals surface area (Å²) in [4.78, 5) is 25.0. The Morgan fingerprint density at radius 2 is 1.30 bits per heavy atom. The minimum atomic E-state index is -0.946. The Morgan fingerprint density at radius 3 is 1.74 bits per heavy atom. The molecule has 1 fully saturated rings. The first kappa shape index (κ1) is 15.7. The summed E-state index contributed by atoms with van der Waals surface area (Å²) < 4.78 is 0.939. The summed E-state index contributed by atoms with van der Waals surface area (Å²) >= 11 is 3.35. The number of amides is 2. The van der Waals surface area contributed by atoms with E-state index in [0.717, 1.165) is 10.0 Å². The first-order chi connectivity index (χ1) is 11.0. The number of hydrogen-bond donors (Lipinski definition) is 2. The smallest absolute Gasteiger partial charge is 0.240 e. The molecule has 0 radical (unpaired) electrons. The van der Waals surface area contributed by atoms with Crippen LogP contribution in [0.2, 0.25) is 0 Å². The number of aryl methyl sites for hydroxylation is 1. The molecule has 1 saturated carbocycles. The number of carbonyl (C=O) groups is 2. The van der Waals surface area contributed by atoms with E-state index < -0.39 is 5.41 Å². The second kappa shape index (κ2) is 6.16. The third-order valence-corrected chi connectivity index (χ3v) is 4.56. The number of hydrogen-bond acceptors (Lipinski definition) is 2. The minimum Gasteiger partial charge on any atom is -0.325 e. The maximum atomic E-state index is 12.5. The molecule has 0 unspecified atom stereocenters. The molecule has 2 amide bonds. The maximum absolute atomic E-state index is 12.5. The summed E-state index contributed by atoms with van der Waals surface area (Å²) in [7, 11) is 0. The fourth-order valence-electron chi connectivity index (χ4n) is 2.35. The van der Waals surface area contributed by atoms with Crippen LogP contribution in [0.4, 0.5) is 11.4 Å². The highest BCUT2D eigenvalue weighted by molar-refractivity contribution is 9.10. The number of halogens is 1. The third-order valence-electron chi connectivity index (χ3n) is 4.03. The number of anilines is 2. The Morgan fingerprint density at radius 1 is 0.870 bits per heavy atom. The van der Waals surface area contributed by atoms with Crippen LogP contribution in [0, 0.1) is 12.3 Å². The van der Waals surface area contributed by atoms with Crippen LogP contribution in [0.15, 0.2) is 53.0 Å². The Bertz CT molecular complexity index is 673. The predicted octanol–water partition coefficient (Wildman–Crippen LogP) is 4.11. The highest BCUT2D eigenvalue weighted by Crippen LogP contribution is 2.47. The van der Waals surface area contributed by atoms with Gasteiger partial charge in [0.15, 0.2) is 0 Å². The molecule has 0 aromatic heterocycles. The minimum absolute atomic E-state index is 0.240. The molecule has 118 valence electrons. The Labute approximate surface area is 143 Å². The van der Waals surface area contributed by atoms with Gasteiger partial charge in [-0.25, -0.2) is 0 Å². The summed E-state index contributed by atoms with van der Waals surface area (Å²) in [6.45, 7) is 1.99. The van der Waals surface area contributed by atoms with Gasteiger partial charge in [-0.1, -0.05) is 33.6 Å². The van der Waals surface area contributed by atoms with Crippen molar-refractivity contribution < 1.29 is 9.59 Å². The van der Waals surface area contributed by atoms with Crippen LogP contribution >= 0.6 is 15.9 Å². The molecule has 1 aliphatic rings. The molecule has 4 nitrogen and oxygen atoms in total. The number of carbonyl (C=O) groups excluding carboxylic acids is 2. The van der Waals surface area contributed by atoms with E-state index in [1.54, 1.807) is 12.1 Å². The van der Waals surface area contributed by atoms with E-state index in [4.69, 9.17) is 0 Å². The maximum Gasteiger partial charge on any atom is 0.240 e. The predicted molar refractivity (Wildman–Crippen MR) is 94.2 cm³/mol. The van der Waals surface area contributed by atoms with Gasteiger partial charge in [0.05, 0.1) is 0 Å². The lowest BCUT2D eigenvalue weighted by atomic mass is 10.0. The first-order valence-electron chi connectivity index (χ1n) is 7.45. The zero-order valence-corrected chi connectivity index (χ0v) is 14.3. The average Bonchev–Trinajstić information content (AvgIpc) is 3.34. The Balaban J connectivity index is 1.68. The largest absolute Gasteiger partial charge is 0.325 e. The van der Waals surface area contributed by atoms with Gasteiger partial charge in [-0.2, -0.15) is 0 Å². The molecule has 0 bridgehead atoms. The standard InChI is InChI=1S/C18H17BrN2O2/c1-12-2-6-14(7-3-12)20-16(22)18(10-11-18)17(23)21-15-8-4-13(19)5-9-15/h2-9H,10-11H2,1H3,(H,20,22)(H,21,23). The van der Waals surface area contributed by atoms with Gasteiger partial charge in [0.2, 0.25) is 11.8 Å². The number of nitrogens with one attached hydrogen (secondary N) is 2. The molecule has 1 aliphatic carbocycles. The van der Waals surface area contributed by atoms with E-state index in [-0.39, 0.29) is 11.8 Å². The van der Waals surface area contributed by atoms with Crippen molar-refractivity contribution in [3.8, 4) is 0 Å². The molecule has 0 saturated heterocycles. The lowest BCUT2D eigenvalue weighted by Crippen LogP contribution is -2.35. The SMILES string of the molecule is Cc1ccc(NC(=O)C2(C(=O)Nc3ccc(Br)cc3)CC2)cc1. The van der Waals surface area contributed by atoms with E-state index in [1.165, 1.54) is 0 Å². The van der Waals surface area contributed by atoms with Crippen LogP contribution in [0.1, 0.15) is 18.4 Å². The summed E-state index contributed by atoms with van der Waals surface area (Å²) in [5.74, 6) is -0.486. The molecular weight excluding hydrogens is 356 g/mol. The van der Waals surface area contributed by atoms with Crippen LogP contribution in [0.5, 0.6) is 0 Å². The molecular formula is C18H17BrN2O2. The number of rotatable bonds is 4. The van der Waals surface area contributed by atoms with Crippen molar-refractivity contribution in [1.29, 1.82) is 0 Å². The fourth-order valence-corrected chi connectivity index (χ4v) is 2.62. The molecule has 3 rings (SSSR count). The van der Waals surface area contributed by atoms with E-state index in [1.807, 2.05) is 43.3 Å². The van der Waals surface area contributed by atoms with Crippen molar-refractivity contribution in [2.24, 2.45) is 5.41 Å². The second-order valence-corrected chi connectivity index (χ2v) is 6.78. The van der Waals surface area contributed by atoms with E-state index in [0.29, 0.717) is 24.2 Å². The fraction of sp³-hybridized carbons (Fsp3) is 0.222. The quantitative estimate of drug-likeness (QED) is 0.793. The summed E-state index contributed by atoms with van der Waals surface area (Å²) in [5, 5.41) is 5.67. The lowest BCUT2D eigenvalue weighted by Gasteiger charge is -2.15.